The van der Waals surface area contributed by atoms with Crippen molar-refractivity contribution in [2.75, 3.05) is 17.3 Å². The largest absolute Gasteiger partial charge is 0.473 e. The molecular weight excluding hydrogens is 372 g/mol. The number of carbonyl (C=O) groups is 2. The second-order valence-corrected chi connectivity index (χ2v) is 8.41. The van der Waals surface area contributed by atoms with Gasteiger partial charge in [0.25, 0.3) is 0 Å². The van der Waals surface area contributed by atoms with Gasteiger partial charge in [0.1, 0.15) is 0 Å². The van der Waals surface area contributed by atoms with Crippen molar-refractivity contribution in [1.82, 2.24) is 9.55 Å². The number of aromatic nitrogens is 2. The normalized spacial score (nSPS) is 11.5. The second kappa shape index (κ2) is 17.3. The molecule has 1 atom stereocenters. The lowest BCUT2D eigenvalue weighted by Gasteiger charge is -2.17. The summed E-state index contributed by atoms with van der Waals surface area (Å²) in [4.78, 5) is 22.4. The molecule has 2 N–H and O–H groups in total. The highest BCUT2D eigenvalue weighted by Gasteiger charge is 2.10. The minimum absolute atomic E-state index is 0.729. The van der Waals surface area contributed by atoms with E-state index in [0.29, 0.717) is 0 Å². The predicted octanol–water partition coefficient (Wildman–Crippen LogP) is 4.25. The highest BCUT2D eigenvalue weighted by Crippen LogP contribution is 2.21. The van der Waals surface area contributed by atoms with Crippen LogP contribution in [0.2, 0.25) is 0 Å². The summed E-state index contributed by atoms with van der Waals surface area (Å²) >= 11 is 4.29. The Morgan fingerprint density at radius 2 is 1.65 bits per heavy atom. The number of hydrogen-bond donors (Lipinski definition) is 2. The molecule has 150 valence electrons. The minimum Gasteiger partial charge on any atom is -0.473 e. The van der Waals surface area contributed by atoms with E-state index < -0.39 is 11.9 Å². The number of imidazole rings is 1. The monoisotopic (exact) mass is 404 g/mol. The maximum absolute atomic E-state index is 9.10. The molecule has 1 rings (SSSR count). The van der Waals surface area contributed by atoms with Crippen molar-refractivity contribution in [3.05, 3.63) is 18.7 Å². The van der Waals surface area contributed by atoms with Gasteiger partial charge in [-0.05, 0) is 24.3 Å². The van der Waals surface area contributed by atoms with Gasteiger partial charge in [0.15, 0.2) is 0 Å². The first-order valence-corrected chi connectivity index (χ1v) is 11.3. The summed E-state index contributed by atoms with van der Waals surface area (Å²) in [5, 5.41) is 15.5. The van der Waals surface area contributed by atoms with E-state index in [1.54, 1.807) is 0 Å². The van der Waals surface area contributed by atoms with E-state index in [2.05, 4.69) is 53.1 Å². The lowest BCUT2D eigenvalue weighted by atomic mass is 10.3. The van der Waals surface area contributed by atoms with Gasteiger partial charge in [-0.3, -0.25) is 0 Å². The summed E-state index contributed by atoms with van der Waals surface area (Å²) in [6.45, 7) is 5.66. The summed E-state index contributed by atoms with van der Waals surface area (Å²) in [7, 11) is 0. The Morgan fingerprint density at radius 1 is 1.04 bits per heavy atom. The lowest BCUT2D eigenvalue weighted by Crippen LogP contribution is -2.16. The smallest absolute Gasteiger partial charge is 0.414 e. The number of nitrogens with zero attached hydrogens (tertiary/aromatic N) is 2. The van der Waals surface area contributed by atoms with Crippen molar-refractivity contribution in [2.45, 2.75) is 64.2 Å². The van der Waals surface area contributed by atoms with E-state index in [-0.39, 0.29) is 0 Å². The molecule has 0 spiro atoms. The molecule has 0 aliphatic rings. The highest BCUT2D eigenvalue weighted by molar-refractivity contribution is 8.03. The molecule has 0 saturated carbocycles. The van der Waals surface area contributed by atoms with Crippen molar-refractivity contribution in [2.24, 2.45) is 0 Å². The van der Waals surface area contributed by atoms with Crippen LogP contribution in [-0.4, -0.2) is 54.2 Å². The molecule has 1 heterocycles. The van der Waals surface area contributed by atoms with Gasteiger partial charge in [0.05, 0.1) is 6.33 Å². The Balaban J connectivity index is 0.000000896. The quantitative estimate of drug-likeness (QED) is 0.375. The fraction of sp³-hybridized carbons (Fsp3) is 0.722. The van der Waals surface area contributed by atoms with Crippen molar-refractivity contribution in [3.8, 4) is 0 Å². The molecule has 0 aromatic carbocycles. The van der Waals surface area contributed by atoms with Gasteiger partial charge in [0.2, 0.25) is 0 Å². The zero-order chi connectivity index (χ0) is 19.6. The number of rotatable bonds is 13. The summed E-state index contributed by atoms with van der Waals surface area (Å²) in [6.07, 6.45) is 14.0. The predicted molar refractivity (Wildman–Crippen MR) is 110 cm³/mol. The second-order valence-electron chi connectivity index (χ2n) is 5.85. The van der Waals surface area contributed by atoms with Crippen LogP contribution in [0.25, 0.3) is 0 Å². The van der Waals surface area contributed by atoms with Crippen LogP contribution in [0, 0.1) is 0 Å². The molecule has 0 aliphatic heterocycles. The Kier molecular flexibility index (Phi) is 16.5. The molecule has 0 saturated heterocycles. The highest BCUT2D eigenvalue weighted by atomic mass is 32.2. The summed E-state index contributed by atoms with van der Waals surface area (Å²) in [5.74, 6) is 0.260. The summed E-state index contributed by atoms with van der Waals surface area (Å²) < 4.78 is 2.23. The number of aliphatic carboxylic acids is 2. The van der Waals surface area contributed by atoms with Crippen LogP contribution in [0.15, 0.2) is 18.7 Å². The van der Waals surface area contributed by atoms with Crippen LogP contribution in [0.1, 0.15) is 52.4 Å². The van der Waals surface area contributed by atoms with E-state index >= 15 is 0 Å². The number of unbranched alkanes of at least 4 members (excludes halogenated alkanes) is 4. The zero-order valence-electron chi connectivity index (χ0n) is 15.8. The van der Waals surface area contributed by atoms with Crippen molar-refractivity contribution in [1.29, 1.82) is 0 Å². The van der Waals surface area contributed by atoms with Gasteiger partial charge in [-0.15, -0.1) is 0 Å². The van der Waals surface area contributed by atoms with Gasteiger partial charge in [-0.25, -0.2) is 14.6 Å². The Labute approximate surface area is 165 Å². The molecule has 1 aromatic rings. The third-order valence-electron chi connectivity index (χ3n) is 3.45. The molecule has 1 aromatic heterocycles. The van der Waals surface area contributed by atoms with E-state index in [0.717, 1.165) is 11.8 Å². The molecule has 0 fully saturated rings. The first-order chi connectivity index (χ1) is 12.5. The number of carboxylic acid groups (broad SMARTS) is 2. The topological polar surface area (TPSA) is 92.4 Å². The number of carboxylic acids is 2. The first kappa shape index (κ1) is 24.8. The van der Waals surface area contributed by atoms with E-state index in [1.807, 2.05) is 12.5 Å². The van der Waals surface area contributed by atoms with Gasteiger partial charge < -0.3 is 14.8 Å². The summed E-state index contributed by atoms with van der Waals surface area (Å²) in [5.41, 5.74) is 0. The van der Waals surface area contributed by atoms with Crippen molar-refractivity contribution < 1.29 is 19.8 Å². The molecular formula is C18H32N2O4S2. The molecule has 0 bridgehead atoms. The van der Waals surface area contributed by atoms with Crippen LogP contribution in [-0.2, 0) is 16.1 Å². The van der Waals surface area contributed by atoms with Crippen LogP contribution >= 0.6 is 23.5 Å². The van der Waals surface area contributed by atoms with Crippen LogP contribution in [0.5, 0.6) is 0 Å². The molecule has 0 amide bonds. The van der Waals surface area contributed by atoms with E-state index in [1.165, 1.54) is 55.8 Å². The Bertz CT molecular complexity index is 458. The van der Waals surface area contributed by atoms with E-state index in [9.17, 15) is 0 Å². The van der Waals surface area contributed by atoms with Crippen molar-refractivity contribution >= 4 is 35.5 Å². The van der Waals surface area contributed by atoms with Gasteiger partial charge >= 0.3 is 11.9 Å². The van der Waals surface area contributed by atoms with Crippen molar-refractivity contribution in [3.63, 3.8) is 0 Å². The fourth-order valence-corrected chi connectivity index (χ4v) is 4.65. The molecule has 26 heavy (non-hydrogen) atoms. The van der Waals surface area contributed by atoms with Gasteiger partial charge in [-0.1, -0.05) is 39.5 Å². The van der Waals surface area contributed by atoms with Crippen LogP contribution < -0.4 is 0 Å². The molecule has 0 aliphatic carbocycles. The lowest BCUT2D eigenvalue weighted by molar-refractivity contribution is -0.159. The SMILES string of the molecule is CCCCCSCC(Cn1ccnc1)SCCCCC.O=C(O)C(=O)O. The minimum atomic E-state index is -1.82. The third kappa shape index (κ3) is 15.1. The third-order valence-corrected chi connectivity index (χ3v) is 6.19. The van der Waals surface area contributed by atoms with Gasteiger partial charge in [-0.2, -0.15) is 23.5 Å². The molecule has 8 heteroatoms. The maximum Gasteiger partial charge on any atom is 0.414 e. The first-order valence-electron chi connectivity index (χ1n) is 9.12. The fourth-order valence-electron chi connectivity index (χ4n) is 2.05. The molecule has 0 radical (unpaired) electrons. The Hall–Kier alpha value is -1.15. The number of hydrogen-bond acceptors (Lipinski definition) is 5. The zero-order valence-corrected chi connectivity index (χ0v) is 17.4. The van der Waals surface area contributed by atoms with Gasteiger partial charge in [0, 0.05) is 29.9 Å². The molecule has 6 nitrogen and oxygen atoms in total. The molecule has 1 unspecified atom stereocenters. The van der Waals surface area contributed by atoms with Crippen LogP contribution in [0.3, 0.4) is 0 Å². The number of thioether (sulfide) groups is 2. The average Bonchev–Trinajstić information content (AvgIpc) is 3.11. The average molecular weight is 405 g/mol. The maximum atomic E-state index is 9.10. The van der Waals surface area contributed by atoms with Crippen LogP contribution in [0.4, 0.5) is 0 Å². The van der Waals surface area contributed by atoms with E-state index in [4.69, 9.17) is 19.8 Å². The standard InChI is InChI=1S/C16H30N2S2.C2H2O4/c1-3-5-7-11-19-14-16(20-12-8-6-4-2)13-18-10-9-17-15-18;3-1(4)2(5)6/h9-10,15-16H,3-8,11-14H2,1-2H3;(H,3,4)(H,5,6). The Morgan fingerprint density at radius 3 is 2.15 bits per heavy atom. The summed E-state index contributed by atoms with van der Waals surface area (Å²) in [6, 6.07) is 0.